The van der Waals surface area contributed by atoms with E-state index >= 15 is 0 Å². The smallest absolute Gasteiger partial charge is 0.278 e. The summed E-state index contributed by atoms with van der Waals surface area (Å²) in [5.41, 5.74) is -1.67. The van der Waals surface area contributed by atoms with Crippen LogP contribution in [-0.2, 0) is 0 Å². The molecule has 0 aliphatic heterocycles. The normalized spacial score (nSPS) is 10.1. The van der Waals surface area contributed by atoms with Crippen molar-refractivity contribution in [3.05, 3.63) is 57.8 Å². The van der Waals surface area contributed by atoms with Gasteiger partial charge < -0.3 is 19.8 Å². The molecule has 0 spiro atoms. The Labute approximate surface area is 117 Å². The van der Waals surface area contributed by atoms with Gasteiger partial charge in [0.1, 0.15) is 0 Å². The van der Waals surface area contributed by atoms with Gasteiger partial charge in [0, 0.05) is 23.4 Å². The summed E-state index contributed by atoms with van der Waals surface area (Å²) < 4.78 is 0. The minimum Gasteiger partial charge on any atom is -0.545 e. The van der Waals surface area contributed by atoms with Gasteiger partial charge in [0.25, 0.3) is 5.69 Å². The zero-order chi connectivity index (χ0) is 15.6. The van der Waals surface area contributed by atoms with E-state index in [0.717, 1.165) is 12.3 Å². The van der Waals surface area contributed by atoms with Crippen molar-refractivity contribution in [3.8, 4) is 11.3 Å². The number of aromatic carboxylic acids is 2. The second-order valence-electron chi connectivity index (χ2n) is 3.97. The molecular formula is C13H6N2O6-2. The van der Waals surface area contributed by atoms with E-state index in [4.69, 9.17) is 0 Å². The maximum atomic E-state index is 11.1. The molecule has 0 aliphatic carbocycles. The second kappa shape index (κ2) is 5.37. The predicted molar refractivity (Wildman–Crippen MR) is 65.0 cm³/mol. The van der Waals surface area contributed by atoms with Gasteiger partial charge in [-0.15, -0.1) is 0 Å². The van der Waals surface area contributed by atoms with Crippen molar-refractivity contribution in [1.29, 1.82) is 0 Å². The van der Waals surface area contributed by atoms with Gasteiger partial charge in [-0.25, -0.2) is 0 Å². The molecule has 21 heavy (non-hydrogen) atoms. The SMILES string of the molecule is O=C([O-])c1cnc(-c2ccccc2[N+](=O)[O-])c(C(=O)[O-])c1. The van der Waals surface area contributed by atoms with E-state index in [1.165, 1.54) is 24.3 Å². The van der Waals surface area contributed by atoms with E-state index < -0.39 is 28.0 Å². The lowest BCUT2D eigenvalue weighted by Crippen LogP contribution is -2.26. The van der Waals surface area contributed by atoms with Crippen LogP contribution >= 0.6 is 0 Å². The molecule has 0 fully saturated rings. The Morgan fingerprint density at radius 1 is 1.10 bits per heavy atom. The first-order chi connectivity index (χ1) is 9.91. The summed E-state index contributed by atoms with van der Waals surface area (Å²) >= 11 is 0. The highest BCUT2D eigenvalue weighted by atomic mass is 16.6. The van der Waals surface area contributed by atoms with Gasteiger partial charge in [0.2, 0.25) is 0 Å². The third kappa shape index (κ3) is 2.68. The van der Waals surface area contributed by atoms with Crippen molar-refractivity contribution in [2.75, 3.05) is 0 Å². The van der Waals surface area contributed by atoms with Gasteiger partial charge >= 0.3 is 0 Å². The van der Waals surface area contributed by atoms with Gasteiger partial charge in [0.05, 0.1) is 28.1 Å². The molecule has 0 saturated carbocycles. The molecule has 0 bridgehead atoms. The number of rotatable bonds is 4. The van der Waals surface area contributed by atoms with Crippen molar-refractivity contribution in [3.63, 3.8) is 0 Å². The first kappa shape index (κ1) is 14.1. The maximum Gasteiger partial charge on any atom is 0.278 e. The summed E-state index contributed by atoms with van der Waals surface area (Å²) in [6.07, 6.45) is 0.869. The van der Waals surface area contributed by atoms with Gasteiger partial charge in [-0.2, -0.15) is 0 Å². The van der Waals surface area contributed by atoms with Crippen LogP contribution in [0.15, 0.2) is 36.5 Å². The summed E-state index contributed by atoms with van der Waals surface area (Å²) in [6, 6.07) is 6.17. The number of para-hydroxylation sites is 1. The van der Waals surface area contributed by atoms with E-state index in [9.17, 15) is 29.9 Å². The topological polar surface area (TPSA) is 136 Å². The van der Waals surface area contributed by atoms with Crippen LogP contribution in [0.3, 0.4) is 0 Å². The number of hydrogen-bond donors (Lipinski definition) is 0. The van der Waals surface area contributed by atoms with Crippen LogP contribution < -0.4 is 10.2 Å². The van der Waals surface area contributed by atoms with Crippen molar-refractivity contribution in [1.82, 2.24) is 4.98 Å². The average molecular weight is 286 g/mol. The number of aromatic nitrogens is 1. The quantitative estimate of drug-likeness (QED) is 0.539. The minimum atomic E-state index is -1.70. The lowest BCUT2D eigenvalue weighted by molar-refractivity contribution is -0.384. The van der Waals surface area contributed by atoms with Crippen LogP contribution in [0.4, 0.5) is 5.69 Å². The molecule has 8 heteroatoms. The second-order valence-corrected chi connectivity index (χ2v) is 3.97. The fraction of sp³-hybridized carbons (Fsp3) is 0. The molecule has 0 radical (unpaired) electrons. The number of carbonyl (C=O) groups is 2. The Morgan fingerprint density at radius 3 is 2.33 bits per heavy atom. The molecule has 0 atom stereocenters. The van der Waals surface area contributed by atoms with Crippen molar-refractivity contribution < 1.29 is 24.7 Å². The number of nitro groups is 1. The summed E-state index contributed by atoms with van der Waals surface area (Å²) in [6.45, 7) is 0. The first-order valence-corrected chi connectivity index (χ1v) is 5.58. The molecule has 2 rings (SSSR count). The largest absolute Gasteiger partial charge is 0.545 e. The van der Waals surface area contributed by atoms with Gasteiger partial charge in [-0.05, 0) is 12.1 Å². The molecule has 1 heterocycles. The minimum absolute atomic E-state index is 0.0494. The van der Waals surface area contributed by atoms with Crippen LogP contribution in [0.1, 0.15) is 20.7 Å². The molecule has 0 aliphatic rings. The lowest BCUT2D eigenvalue weighted by atomic mass is 10.0. The highest BCUT2D eigenvalue weighted by Crippen LogP contribution is 2.30. The maximum absolute atomic E-state index is 11.1. The molecule has 106 valence electrons. The van der Waals surface area contributed by atoms with Gasteiger partial charge in [-0.1, -0.05) is 12.1 Å². The number of pyridine rings is 1. The molecule has 2 aromatic rings. The van der Waals surface area contributed by atoms with Gasteiger partial charge in [-0.3, -0.25) is 15.1 Å². The first-order valence-electron chi connectivity index (χ1n) is 5.58. The molecule has 1 aromatic heterocycles. The molecule has 0 amide bonds. The summed E-state index contributed by atoms with van der Waals surface area (Å²) in [7, 11) is 0. The van der Waals surface area contributed by atoms with E-state index in [1.54, 1.807) is 0 Å². The van der Waals surface area contributed by atoms with Crippen LogP contribution in [-0.4, -0.2) is 21.8 Å². The number of nitro benzene ring substituents is 1. The Morgan fingerprint density at radius 2 is 1.76 bits per heavy atom. The highest BCUT2D eigenvalue weighted by molar-refractivity contribution is 5.97. The van der Waals surface area contributed by atoms with Crippen LogP contribution in [0.2, 0.25) is 0 Å². The Bertz CT molecular complexity index is 756. The number of benzene rings is 1. The van der Waals surface area contributed by atoms with Crippen LogP contribution in [0, 0.1) is 10.1 Å². The zero-order valence-corrected chi connectivity index (χ0v) is 10.3. The fourth-order valence-electron chi connectivity index (χ4n) is 1.78. The van der Waals surface area contributed by atoms with Crippen molar-refractivity contribution in [2.45, 2.75) is 0 Å². The number of carboxylic acids is 2. The molecule has 0 unspecified atom stereocenters. The average Bonchev–Trinajstić information content (AvgIpc) is 2.46. The van der Waals surface area contributed by atoms with Crippen molar-refractivity contribution in [2.24, 2.45) is 0 Å². The number of nitrogens with zero attached hydrogens (tertiary/aromatic N) is 2. The summed E-state index contributed by atoms with van der Waals surface area (Å²) in [5, 5.41) is 32.8. The van der Waals surface area contributed by atoms with E-state index in [-0.39, 0.29) is 16.9 Å². The fourth-order valence-corrected chi connectivity index (χ4v) is 1.78. The number of carbonyl (C=O) groups excluding carboxylic acids is 2. The molecule has 8 nitrogen and oxygen atoms in total. The van der Waals surface area contributed by atoms with Crippen LogP contribution in [0.5, 0.6) is 0 Å². The summed E-state index contributed by atoms with van der Waals surface area (Å²) in [4.78, 5) is 35.8. The Balaban J connectivity index is 2.72. The molecular weight excluding hydrogens is 280 g/mol. The van der Waals surface area contributed by atoms with E-state index in [1.807, 2.05) is 0 Å². The Hall–Kier alpha value is -3.29. The number of carboxylic acid groups (broad SMARTS) is 2. The molecule has 1 aromatic carbocycles. The third-order valence-electron chi connectivity index (χ3n) is 2.70. The highest BCUT2D eigenvalue weighted by Gasteiger charge is 2.19. The van der Waals surface area contributed by atoms with Crippen molar-refractivity contribution >= 4 is 17.6 Å². The van der Waals surface area contributed by atoms with Gasteiger partial charge in [0.15, 0.2) is 0 Å². The van der Waals surface area contributed by atoms with Crippen LogP contribution in [0.25, 0.3) is 11.3 Å². The van der Waals surface area contributed by atoms with E-state index in [0.29, 0.717) is 0 Å². The third-order valence-corrected chi connectivity index (χ3v) is 2.70. The van der Waals surface area contributed by atoms with E-state index in [2.05, 4.69) is 4.98 Å². The summed E-state index contributed by atoms with van der Waals surface area (Å²) in [5.74, 6) is -3.31. The predicted octanol–water partition coefficient (Wildman–Crippen LogP) is -0.616. The standard InChI is InChI=1S/C13H8N2O6/c16-12(17)7-5-9(13(18)19)11(14-6-7)8-3-1-2-4-10(8)15(20)21/h1-6H,(H,16,17)(H,18,19)/p-2. The Kier molecular flexibility index (Phi) is 3.61. The number of hydrogen-bond acceptors (Lipinski definition) is 7. The zero-order valence-electron chi connectivity index (χ0n) is 10.3. The monoisotopic (exact) mass is 286 g/mol. The lowest BCUT2D eigenvalue weighted by Gasteiger charge is -2.12. The molecule has 0 saturated heterocycles. The molecule has 0 N–H and O–H groups in total.